The van der Waals surface area contributed by atoms with Gasteiger partial charge in [0, 0.05) is 18.0 Å². The van der Waals surface area contributed by atoms with E-state index in [2.05, 4.69) is 66.0 Å². The highest BCUT2D eigenvalue weighted by Crippen LogP contribution is 2.23. The van der Waals surface area contributed by atoms with Crippen molar-refractivity contribution in [1.29, 1.82) is 0 Å². The van der Waals surface area contributed by atoms with Gasteiger partial charge in [-0.05, 0) is 67.5 Å². The predicted molar refractivity (Wildman–Crippen MR) is 199 cm³/mol. The average molecular weight is 652 g/mol. The Labute approximate surface area is 289 Å². The highest BCUT2D eigenvalue weighted by atomic mass is 16.3. The fourth-order valence-electron chi connectivity index (χ4n) is 7.02. The Morgan fingerprint density at radius 3 is 1.62 bits per heavy atom. The van der Waals surface area contributed by atoms with Crippen LogP contribution in [0, 0.1) is 0 Å². The van der Waals surface area contributed by atoms with Crippen molar-refractivity contribution in [2.75, 3.05) is 32.8 Å². The maximum atomic E-state index is 10.4. The molecule has 4 aromatic carbocycles. The van der Waals surface area contributed by atoms with E-state index >= 15 is 0 Å². The van der Waals surface area contributed by atoms with Gasteiger partial charge in [-0.25, -0.2) is 0 Å². The molecule has 5 heteroatoms. The number of unbranched alkanes of at least 4 members (excludes halogenated alkanes) is 8. The molecule has 48 heavy (non-hydrogen) atoms. The number of nitrogens with zero attached hydrogens (tertiary/aromatic N) is 1. The molecule has 0 saturated heterocycles. The first-order chi connectivity index (χ1) is 23.6. The molecule has 0 bridgehead atoms. The third-order valence-corrected chi connectivity index (χ3v) is 9.81. The van der Waals surface area contributed by atoms with E-state index in [1.807, 2.05) is 36.4 Å². The third kappa shape index (κ3) is 13.5. The van der Waals surface area contributed by atoms with Gasteiger partial charge in [0.15, 0.2) is 0 Å². The van der Waals surface area contributed by atoms with Crippen molar-refractivity contribution in [3.63, 3.8) is 0 Å². The van der Waals surface area contributed by atoms with Crippen molar-refractivity contribution < 1.29 is 19.8 Å². The summed E-state index contributed by atoms with van der Waals surface area (Å²) in [5.74, 6) is 0.754. The molecule has 4 rings (SSSR count). The molecule has 2 atom stereocenters. The van der Waals surface area contributed by atoms with Gasteiger partial charge in [-0.1, -0.05) is 136 Å². The topological polar surface area (TPSA) is 72.7 Å². The van der Waals surface area contributed by atoms with E-state index in [4.69, 9.17) is 0 Å². The van der Waals surface area contributed by atoms with Gasteiger partial charge in [0.25, 0.3) is 0 Å². The molecule has 0 aliphatic carbocycles. The number of aromatic hydroxyl groups is 2. The average Bonchev–Trinajstić information content (AvgIpc) is 3.10. The molecular formula is C43H59N2O3+. The monoisotopic (exact) mass is 651 g/mol. The molecule has 5 nitrogen and oxygen atoms in total. The van der Waals surface area contributed by atoms with Crippen LogP contribution in [0.4, 0.5) is 0 Å². The molecular weight excluding hydrogens is 592 g/mol. The smallest absolute Gasteiger partial charge is 0.118 e. The van der Waals surface area contributed by atoms with Crippen molar-refractivity contribution in [3.05, 3.63) is 131 Å². The first-order valence-corrected chi connectivity index (χ1v) is 18.4. The summed E-state index contributed by atoms with van der Waals surface area (Å²) in [6.07, 6.45) is 13.8. The minimum Gasteiger partial charge on any atom is -0.508 e. The molecule has 2 unspecified atom stereocenters. The number of phenols is 2. The fourth-order valence-corrected chi connectivity index (χ4v) is 7.02. The first-order valence-electron chi connectivity index (χ1n) is 18.4. The molecule has 0 fully saturated rings. The number of quaternary nitrogens is 1. The second-order valence-electron chi connectivity index (χ2n) is 13.6. The Hall–Kier alpha value is -3.64. The van der Waals surface area contributed by atoms with Gasteiger partial charge in [-0.2, -0.15) is 0 Å². The van der Waals surface area contributed by atoms with Gasteiger partial charge in [0.05, 0.1) is 19.7 Å². The van der Waals surface area contributed by atoms with Crippen LogP contribution in [0.5, 0.6) is 11.5 Å². The molecule has 258 valence electrons. The van der Waals surface area contributed by atoms with Gasteiger partial charge in [-0.15, -0.1) is 0 Å². The van der Waals surface area contributed by atoms with Crippen LogP contribution in [0.2, 0.25) is 0 Å². The van der Waals surface area contributed by atoms with E-state index in [9.17, 15) is 15.3 Å². The number of hydrogen-bond donors (Lipinski definition) is 4. The third-order valence-electron chi connectivity index (χ3n) is 9.81. The summed E-state index contributed by atoms with van der Waals surface area (Å²) in [6.45, 7) is 4.78. The van der Waals surface area contributed by atoms with Crippen LogP contribution in [0.25, 0.3) is 0 Å². The van der Waals surface area contributed by atoms with Crippen LogP contribution < -0.4 is 5.32 Å². The van der Waals surface area contributed by atoms with Crippen LogP contribution in [0.15, 0.2) is 109 Å². The molecule has 0 aliphatic rings. The normalized spacial score (nSPS) is 13.3. The number of hydrogen-bond acceptors (Lipinski definition) is 4. The summed E-state index contributed by atoms with van der Waals surface area (Å²) in [6, 6.07) is 36.9. The maximum Gasteiger partial charge on any atom is 0.118 e. The number of para-hydroxylation sites is 2. The Morgan fingerprint density at radius 2 is 1.02 bits per heavy atom. The van der Waals surface area contributed by atoms with E-state index in [1.54, 1.807) is 12.1 Å². The molecule has 0 aromatic heterocycles. The van der Waals surface area contributed by atoms with Crippen molar-refractivity contribution in [3.8, 4) is 11.5 Å². The van der Waals surface area contributed by atoms with Crippen molar-refractivity contribution in [2.45, 2.75) is 89.6 Å². The van der Waals surface area contributed by atoms with Crippen LogP contribution >= 0.6 is 0 Å². The lowest BCUT2D eigenvalue weighted by Gasteiger charge is -2.39. The number of nitrogens with one attached hydrogen (secondary N) is 1. The minimum atomic E-state index is 0.174. The zero-order valence-corrected chi connectivity index (χ0v) is 29.0. The highest BCUT2D eigenvalue weighted by Gasteiger charge is 2.27. The van der Waals surface area contributed by atoms with Crippen LogP contribution in [-0.4, -0.2) is 58.6 Å². The van der Waals surface area contributed by atoms with Gasteiger partial charge >= 0.3 is 0 Å². The minimum absolute atomic E-state index is 0.174. The van der Waals surface area contributed by atoms with Crippen LogP contribution in [0.1, 0.15) is 80.0 Å². The lowest BCUT2D eigenvalue weighted by atomic mass is 9.98. The summed E-state index contributed by atoms with van der Waals surface area (Å²) >= 11 is 0. The molecule has 0 aliphatic heterocycles. The quantitative estimate of drug-likeness (QED) is 0.0452. The molecule has 0 saturated carbocycles. The molecule has 0 spiro atoms. The van der Waals surface area contributed by atoms with Gasteiger partial charge in [-0.3, -0.25) is 0 Å². The summed E-state index contributed by atoms with van der Waals surface area (Å²) in [4.78, 5) is 0. The highest BCUT2D eigenvalue weighted by molar-refractivity contribution is 5.33. The second-order valence-corrected chi connectivity index (χ2v) is 13.6. The maximum absolute atomic E-state index is 10.4. The van der Waals surface area contributed by atoms with E-state index in [1.165, 1.54) is 62.5 Å². The Bertz CT molecular complexity index is 1410. The van der Waals surface area contributed by atoms with Crippen molar-refractivity contribution >= 4 is 0 Å². The van der Waals surface area contributed by atoms with Gasteiger partial charge < -0.3 is 25.1 Å². The van der Waals surface area contributed by atoms with Crippen molar-refractivity contribution in [1.82, 2.24) is 5.32 Å². The van der Waals surface area contributed by atoms with E-state index in [-0.39, 0.29) is 6.61 Å². The number of aliphatic hydroxyl groups is 1. The molecule has 4 N–H and O–H groups in total. The molecule has 0 amide bonds. The SMILES string of the molecule is OCC[N+](CCCCCCCCCCCNC(Cc1ccccc1)Cc1ccccc1O)(CCc1ccccc1O)Cc1ccccc1. The van der Waals surface area contributed by atoms with E-state index < -0.39 is 0 Å². The van der Waals surface area contributed by atoms with E-state index in [0.717, 1.165) is 74.0 Å². The molecule has 4 aromatic rings. The first kappa shape index (κ1) is 37.2. The Balaban J connectivity index is 1.13. The van der Waals surface area contributed by atoms with Gasteiger partial charge in [0.1, 0.15) is 24.6 Å². The second kappa shape index (κ2) is 21.4. The van der Waals surface area contributed by atoms with Crippen LogP contribution in [0.3, 0.4) is 0 Å². The van der Waals surface area contributed by atoms with E-state index in [0.29, 0.717) is 17.5 Å². The molecule has 0 heterocycles. The van der Waals surface area contributed by atoms with Crippen molar-refractivity contribution in [2.24, 2.45) is 0 Å². The summed E-state index contributed by atoms with van der Waals surface area (Å²) in [5, 5.41) is 34.6. The van der Waals surface area contributed by atoms with Crippen LogP contribution in [-0.2, 0) is 25.8 Å². The Morgan fingerprint density at radius 1 is 0.500 bits per heavy atom. The lowest BCUT2D eigenvalue weighted by molar-refractivity contribution is -0.941. The summed E-state index contributed by atoms with van der Waals surface area (Å²) in [5.41, 5.74) is 4.63. The largest absolute Gasteiger partial charge is 0.508 e. The number of phenolic OH excluding ortho intramolecular Hbond substituents is 2. The Kier molecular flexibility index (Phi) is 16.5. The molecule has 0 radical (unpaired) electrons. The summed E-state index contributed by atoms with van der Waals surface area (Å²) in [7, 11) is 0. The predicted octanol–water partition coefficient (Wildman–Crippen LogP) is 8.60. The fraction of sp³-hybridized carbons (Fsp3) is 0.442. The summed E-state index contributed by atoms with van der Waals surface area (Å²) < 4.78 is 0.849. The van der Waals surface area contributed by atoms with Gasteiger partial charge in [0.2, 0.25) is 0 Å². The number of rotatable bonds is 24. The standard InChI is InChI=1S/C43H58N2O3/c46-33-32-45(36-38-22-12-9-13-23-38,31-28-39-24-14-16-26-42(39)47)30-19-7-5-3-1-2-4-6-18-29-44-41(34-37-20-10-8-11-21-37)35-40-25-15-17-27-43(40)48/h8-17,20-27,41,44,46H,1-7,18-19,28-36H2,(H-,47,48)/p+1. The number of aliphatic hydroxyl groups excluding tert-OH is 1. The number of benzene rings is 4. The zero-order chi connectivity index (χ0) is 33.7. The zero-order valence-electron chi connectivity index (χ0n) is 29.0. The lowest BCUT2D eigenvalue weighted by Crippen LogP contribution is -2.51.